The predicted octanol–water partition coefficient (Wildman–Crippen LogP) is 3.18. The van der Waals surface area contributed by atoms with Crippen molar-refractivity contribution in [2.75, 3.05) is 11.9 Å². The van der Waals surface area contributed by atoms with Gasteiger partial charge < -0.3 is 10.4 Å². The maximum atomic E-state index is 9.03. The molecule has 0 bridgehead atoms. The van der Waals surface area contributed by atoms with Crippen molar-refractivity contribution >= 4 is 21.6 Å². The molecule has 4 nitrogen and oxygen atoms in total. The molecule has 2 rings (SSSR count). The number of aliphatic hydroxyl groups excluding tert-OH is 1. The minimum absolute atomic E-state index is 0.109. The summed E-state index contributed by atoms with van der Waals surface area (Å²) in [6.45, 7) is 7.49. The minimum atomic E-state index is 0.109. The normalized spacial score (nSPS) is 10.8. The number of aryl methyl sites for hydroxylation is 2. The van der Waals surface area contributed by atoms with E-state index in [2.05, 4.69) is 51.5 Å². The van der Waals surface area contributed by atoms with Crippen LogP contribution in [0.1, 0.15) is 22.5 Å². The Morgan fingerprint density at radius 3 is 2.70 bits per heavy atom. The van der Waals surface area contributed by atoms with Crippen LogP contribution in [0, 0.1) is 20.8 Å². The smallest absolute Gasteiger partial charge is 0.0646 e. The Balaban J connectivity index is 2.14. The highest BCUT2D eigenvalue weighted by Gasteiger charge is 2.11. The number of hydrogen-bond acceptors (Lipinski definition) is 3. The summed E-state index contributed by atoms with van der Waals surface area (Å²) in [5, 5.41) is 16.9. The number of hydrogen-bond donors (Lipinski definition) is 2. The van der Waals surface area contributed by atoms with Crippen LogP contribution in [0.4, 0.5) is 5.69 Å². The number of halogens is 1. The van der Waals surface area contributed by atoms with Crippen molar-refractivity contribution in [2.45, 2.75) is 33.9 Å². The summed E-state index contributed by atoms with van der Waals surface area (Å²) >= 11 is 3.57. The fourth-order valence-electron chi connectivity index (χ4n) is 2.25. The van der Waals surface area contributed by atoms with Gasteiger partial charge in [0.15, 0.2) is 0 Å². The Labute approximate surface area is 127 Å². The number of aliphatic hydroxyl groups is 1. The first-order valence-corrected chi connectivity index (χ1v) is 7.46. The van der Waals surface area contributed by atoms with Crippen LogP contribution < -0.4 is 5.32 Å². The molecule has 0 aliphatic carbocycles. The van der Waals surface area contributed by atoms with Gasteiger partial charge in [-0.1, -0.05) is 6.07 Å². The van der Waals surface area contributed by atoms with Crippen LogP contribution in [-0.2, 0) is 13.1 Å². The molecular weight excluding hydrogens is 318 g/mol. The molecule has 0 aliphatic rings. The summed E-state index contributed by atoms with van der Waals surface area (Å²) in [7, 11) is 0. The standard InChI is InChI=1S/C15H20BrN3O/c1-10-4-5-15(14(16)8-10)17-9-13-11(2)18-19(6-7-20)12(13)3/h4-5,8,17,20H,6-7,9H2,1-3H3. The van der Waals surface area contributed by atoms with E-state index in [0.29, 0.717) is 6.54 Å². The van der Waals surface area contributed by atoms with Gasteiger partial charge in [-0.25, -0.2) is 0 Å². The van der Waals surface area contributed by atoms with Crippen molar-refractivity contribution < 1.29 is 5.11 Å². The highest BCUT2D eigenvalue weighted by Crippen LogP contribution is 2.24. The number of aromatic nitrogens is 2. The second-order valence-corrected chi connectivity index (χ2v) is 5.79. The number of nitrogens with zero attached hydrogens (tertiary/aromatic N) is 2. The first-order chi connectivity index (χ1) is 9.52. The maximum absolute atomic E-state index is 9.03. The molecule has 5 heteroatoms. The summed E-state index contributed by atoms with van der Waals surface area (Å²) in [5.41, 5.74) is 5.60. The topological polar surface area (TPSA) is 50.1 Å². The van der Waals surface area contributed by atoms with Crippen molar-refractivity contribution in [3.05, 3.63) is 45.2 Å². The van der Waals surface area contributed by atoms with E-state index in [1.165, 1.54) is 11.1 Å². The molecule has 0 aliphatic heterocycles. The van der Waals surface area contributed by atoms with E-state index in [9.17, 15) is 0 Å². The first-order valence-electron chi connectivity index (χ1n) is 6.66. The third-order valence-corrected chi connectivity index (χ3v) is 4.08. The molecule has 0 amide bonds. The molecule has 0 fully saturated rings. The quantitative estimate of drug-likeness (QED) is 0.880. The molecule has 1 heterocycles. The highest BCUT2D eigenvalue weighted by molar-refractivity contribution is 9.10. The molecule has 2 N–H and O–H groups in total. The van der Waals surface area contributed by atoms with Crippen LogP contribution in [0.2, 0.25) is 0 Å². The van der Waals surface area contributed by atoms with Gasteiger partial charge in [0.1, 0.15) is 0 Å². The largest absolute Gasteiger partial charge is 0.394 e. The summed E-state index contributed by atoms with van der Waals surface area (Å²) in [6, 6.07) is 6.25. The van der Waals surface area contributed by atoms with E-state index in [4.69, 9.17) is 5.11 Å². The van der Waals surface area contributed by atoms with E-state index >= 15 is 0 Å². The fourth-order valence-corrected chi connectivity index (χ4v) is 2.88. The van der Waals surface area contributed by atoms with Gasteiger partial charge in [0.25, 0.3) is 0 Å². The molecule has 0 saturated carbocycles. The highest BCUT2D eigenvalue weighted by atomic mass is 79.9. The number of nitrogens with one attached hydrogen (secondary N) is 1. The van der Waals surface area contributed by atoms with Crippen LogP contribution in [-0.4, -0.2) is 21.5 Å². The van der Waals surface area contributed by atoms with Gasteiger partial charge in [0.05, 0.1) is 18.8 Å². The molecule has 0 spiro atoms. The van der Waals surface area contributed by atoms with E-state index < -0.39 is 0 Å². The number of rotatable bonds is 5. The molecule has 0 saturated heterocycles. The lowest BCUT2D eigenvalue weighted by molar-refractivity contribution is 0.268. The van der Waals surface area contributed by atoms with Crippen LogP contribution in [0.15, 0.2) is 22.7 Å². The van der Waals surface area contributed by atoms with Gasteiger partial charge in [-0.05, 0) is 54.4 Å². The van der Waals surface area contributed by atoms with E-state index in [-0.39, 0.29) is 6.61 Å². The van der Waals surface area contributed by atoms with Gasteiger partial charge in [0.2, 0.25) is 0 Å². The SMILES string of the molecule is Cc1ccc(NCc2c(C)nn(CCO)c2C)c(Br)c1. The molecular formula is C15H20BrN3O. The van der Waals surface area contributed by atoms with Gasteiger partial charge in [-0.15, -0.1) is 0 Å². The van der Waals surface area contributed by atoms with Gasteiger partial charge in [-0.2, -0.15) is 5.10 Å². The Hall–Kier alpha value is -1.33. The minimum Gasteiger partial charge on any atom is -0.394 e. The third-order valence-electron chi connectivity index (χ3n) is 3.42. The molecule has 0 radical (unpaired) electrons. The summed E-state index contributed by atoms with van der Waals surface area (Å²) in [6.07, 6.45) is 0. The molecule has 0 unspecified atom stereocenters. The molecule has 2 aromatic rings. The third kappa shape index (κ3) is 3.22. The molecule has 1 aromatic heterocycles. The van der Waals surface area contributed by atoms with Crippen LogP contribution >= 0.6 is 15.9 Å². The predicted molar refractivity (Wildman–Crippen MR) is 85.0 cm³/mol. The second kappa shape index (κ2) is 6.41. The molecule has 108 valence electrons. The average molecular weight is 338 g/mol. The van der Waals surface area contributed by atoms with Crippen LogP contribution in [0.25, 0.3) is 0 Å². The Morgan fingerprint density at radius 1 is 1.30 bits per heavy atom. The Morgan fingerprint density at radius 2 is 2.05 bits per heavy atom. The Bertz CT molecular complexity index is 607. The second-order valence-electron chi connectivity index (χ2n) is 4.93. The zero-order chi connectivity index (χ0) is 14.7. The molecule has 20 heavy (non-hydrogen) atoms. The molecule has 1 aromatic carbocycles. The maximum Gasteiger partial charge on any atom is 0.0646 e. The lowest BCUT2D eigenvalue weighted by Crippen LogP contribution is -2.07. The van der Waals surface area contributed by atoms with Crippen molar-refractivity contribution in [3.63, 3.8) is 0 Å². The summed E-state index contributed by atoms with van der Waals surface area (Å²) in [5.74, 6) is 0. The number of anilines is 1. The van der Waals surface area contributed by atoms with Gasteiger partial charge in [0, 0.05) is 28.0 Å². The van der Waals surface area contributed by atoms with E-state index in [1.807, 2.05) is 18.5 Å². The summed E-state index contributed by atoms with van der Waals surface area (Å²) in [4.78, 5) is 0. The zero-order valence-corrected chi connectivity index (χ0v) is 13.7. The lowest BCUT2D eigenvalue weighted by atomic mass is 10.2. The van der Waals surface area contributed by atoms with Crippen molar-refractivity contribution in [2.24, 2.45) is 0 Å². The fraction of sp³-hybridized carbons (Fsp3) is 0.400. The van der Waals surface area contributed by atoms with Crippen LogP contribution in [0.3, 0.4) is 0 Å². The van der Waals surface area contributed by atoms with E-state index in [0.717, 1.165) is 28.1 Å². The van der Waals surface area contributed by atoms with Crippen molar-refractivity contribution in [1.82, 2.24) is 9.78 Å². The Kier molecular flexibility index (Phi) is 4.83. The van der Waals surface area contributed by atoms with Crippen molar-refractivity contribution in [3.8, 4) is 0 Å². The van der Waals surface area contributed by atoms with Crippen LogP contribution in [0.5, 0.6) is 0 Å². The monoisotopic (exact) mass is 337 g/mol. The lowest BCUT2D eigenvalue weighted by Gasteiger charge is -2.10. The van der Waals surface area contributed by atoms with Crippen molar-refractivity contribution in [1.29, 1.82) is 0 Å². The van der Waals surface area contributed by atoms with Gasteiger partial charge in [-0.3, -0.25) is 4.68 Å². The average Bonchev–Trinajstić information content (AvgIpc) is 2.65. The first kappa shape index (κ1) is 15.1. The van der Waals surface area contributed by atoms with Gasteiger partial charge >= 0.3 is 0 Å². The zero-order valence-electron chi connectivity index (χ0n) is 12.1. The van der Waals surface area contributed by atoms with E-state index in [1.54, 1.807) is 0 Å². The summed E-state index contributed by atoms with van der Waals surface area (Å²) < 4.78 is 2.92. The molecule has 0 atom stereocenters. The number of benzene rings is 1.